The summed E-state index contributed by atoms with van der Waals surface area (Å²) in [5.41, 5.74) is -7.12. The smallest absolute Gasteiger partial charge is 0.352 e. The van der Waals surface area contributed by atoms with E-state index < -0.39 is 52.9 Å². The van der Waals surface area contributed by atoms with Crippen molar-refractivity contribution in [3.63, 3.8) is 0 Å². The minimum atomic E-state index is -6.42. The fourth-order valence-electron chi connectivity index (χ4n) is 3.15. The van der Waals surface area contributed by atoms with Crippen LogP contribution < -0.4 is 10.2 Å². The lowest BCUT2D eigenvalue weighted by atomic mass is 10.1. The second kappa shape index (κ2) is 9.77. The zero-order valence-corrected chi connectivity index (χ0v) is 18.4. The van der Waals surface area contributed by atoms with Crippen LogP contribution in [0.3, 0.4) is 0 Å². The first-order valence-corrected chi connectivity index (χ1v) is 9.93. The van der Waals surface area contributed by atoms with Crippen molar-refractivity contribution in [1.82, 2.24) is 15.1 Å². The van der Waals surface area contributed by atoms with Gasteiger partial charge in [-0.3, -0.25) is 14.3 Å². The summed E-state index contributed by atoms with van der Waals surface area (Å²) in [6.45, 7) is 2.11. The molecule has 1 heterocycles. The van der Waals surface area contributed by atoms with Crippen molar-refractivity contribution in [2.75, 3.05) is 11.4 Å². The normalized spacial score (nSPS) is 12.6. The standard InChI is InChI=1S/C20H19F9N4O2/c1-4-13(34)30-9-10-8-11(6-7-12(10)21)33(5-2)17(35)15-14(19(24,25)26)16(31-32(15)3)18(22,23)20(27,28)29/h6-8H,4-5,9H2,1-3H3,(H,30,34). The zero-order chi connectivity index (χ0) is 26.9. The van der Waals surface area contributed by atoms with Gasteiger partial charge in [-0.1, -0.05) is 6.92 Å². The van der Waals surface area contributed by atoms with E-state index in [1.165, 1.54) is 13.8 Å². The van der Waals surface area contributed by atoms with E-state index >= 15 is 0 Å². The van der Waals surface area contributed by atoms with Crippen LogP contribution in [0.4, 0.5) is 45.2 Å². The van der Waals surface area contributed by atoms with E-state index in [2.05, 4.69) is 10.4 Å². The van der Waals surface area contributed by atoms with Crippen LogP contribution in [0, 0.1) is 5.82 Å². The van der Waals surface area contributed by atoms with Gasteiger partial charge in [0.1, 0.15) is 17.1 Å². The maximum Gasteiger partial charge on any atom is 0.459 e. The molecule has 0 saturated carbocycles. The first-order chi connectivity index (χ1) is 16.0. The Morgan fingerprint density at radius 2 is 1.66 bits per heavy atom. The van der Waals surface area contributed by atoms with Crippen LogP contribution in [0.25, 0.3) is 0 Å². The molecule has 2 rings (SSSR count). The van der Waals surface area contributed by atoms with E-state index in [0.29, 0.717) is 11.9 Å². The quantitative estimate of drug-likeness (QED) is 0.529. The third-order valence-electron chi connectivity index (χ3n) is 4.89. The van der Waals surface area contributed by atoms with Crippen LogP contribution >= 0.6 is 0 Å². The molecule has 0 aliphatic carbocycles. The monoisotopic (exact) mass is 518 g/mol. The molecule has 0 fully saturated rings. The predicted molar refractivity (Wildman–Crippen MR) is 104 cm³/mol. The van der Waals surface area contributed by atoms with Crippen LogP contribution in [0.2, 0.25) is 0 Å². The third-order valence-corrected chi connectivity index (χ3v) is 4.89. The highest BCUT2D eigenvalue weighted by Gasteiger charge is 2.64. The van der Waals surface area contributed by atoms with Gasteiger partial charge >= 0.3 is 18.3 Å². The molecule has 0 spiro atoms. The minimum Gasteiger partial charge on any atom is -0.352 e. The molecule has 2 amide bonds. The Morgan fingerprint density at radius 3 is 2.14 bits per heavy atom. The van der Waals surface area contributed by atoms with Crippen LogP contribution in [0.5, 0.6) is 0 Å². The molecule has 1 N–H and O–H groups in total. The van der Waals surface area contributed by atoms with Crippen LogP contribution in [0.15, 0.2) is 18.2 Å². The number of alkyl halides is 8. The Hall–Kier alpha value is -3.26. The van der Waals surface area contributed by atoms with E-state index in [-0.39, 0.29) is 35.4 Å². The maximum atomic E-state index is 14.1. The molecule has 0 saturated heterocycles. The number of hydrogen-bond acceptors (Lipinski definition) is 3. The Kier molecular flexibility index (Phi) is 7.81. The number of nitrogens with one attached hydrogen (secondary N) is 1. The maximum absolute atomic E-state index is 14.1. The van der Waals surface area contributed by atoms with Crippen molar-refractivity contribution in [2.24, 2.45) is 7.05 Å². The van der Waals surface area contributed by atoms with Crippen molar-refractivity contribution in [3.8, 4) is 0 Å². The number of amides is 2. The lowest BCUT2D eigenvalue weighted by molar-refractivity contribution is -0.292. The molecule has 0 bridgehead atoms. The molecule has 15 heteroatoms. The lowest BCUT2D eigenvalue weighted by Crippen LogP contribution is -2.37. The molecule has 0 radical (unpaired) electrons. The largest absolute Gasteiger partial charge is 0.459 e. The summed E-state index contributed by atoms with van der Waals surface area (Å²) in [6, 6.07) is 2.88. The average Bonchev–Trinajstić information content (AvgIpc) is 3.11. The van der Waals surface area contributed by atoms with Gasteiger partial charge in [0.25, 0.3) is 5.91 Å². The van der Waals surface area contributed by atoms with Gasteiger partial charge < -0.3 is 10.2 Å². The third kappa shape index (κ3) is 5.53. The second-order valence-electron chi connectivity index (χ2n) is 7.22. The molecule has 2 aromatic rings. The van der Waals surface area contributed by atoms with Crippen molar-refractivity contribution in [2.45, 2.75) is 45.1 Å². The Bertz CT molecular complexity index is 1110. The number of aryl methyl sites for hydroxylation is 1. The van der Waals surface area contributed by atoms with Crippen LogP contribution in [-0.2, 0) is 30.5 Å². The average molecular weight is 518 g/mol. The number of rotatable bonds is 7. The molecule has 0 aliphatic rings. The van der Waals surface area contributed by atoms with E-state index in [0.717, 1.165) is 18.2 Å². The second-order valence-corrected chi connectivity index (χ2v) is 7.22. The topological polar surface area (TPSA) is 67.2 Å². The fourth-order valence-corrected chi connectivity index (χ4v) is 3.15. The lowest BCUT2D eigenvalue weighted by Gasteiger charge is -2.23. The minimum absolute atomic E-state index is 0.00525. The number of benzene rings is 1. The van der Waals surface area contributed by atoms with E-state index in [4.69, 9.17) is 0 Å². The van der Waals surface area contributed by atoms with E-state index in [1.807, 2.05) is 0 Å². The number of nitrogens with zero attached hydrogens (tertiary/aromatic N) is 3. The number of halogens is 9. The van der Waals surface area contributed by atoms with Gasteiger partial charge in [0.2, 0.25) is 5.91 Å². The molecule has 194 valence electrons. The fraction of sp³-hybridized carbons (Fsp3) is 0.450. The van der Waals surface area contributed by atoms with Gasteiger partial charge in [-0.25, -0.2) is 4.39 Å². The van der Waals surface area contributed by atoms with Gasteiger partial charge in [-0.05, 0) is 25.1 Å². The first-order valence-electron chi connectivity index (χ1n) is 9.93. The molecular formula is C20H19F9N4O2. The van der Waals surface area contributed by atoms with Crippen LogP contribution in [0.1, 0.15) is 47.6 Å². The Labute approximate surface area is 192 Å². The number of aromatic nitrogens is 2. The molecular weight excluding hydrogens is 499 g/mol. The summed E-state index contributed by atoms with van der Waals surface area (Å²) in [6.07, 6.45) is -12.1. The highest BCUT2D eigenvalue weighted by Crippen LogP contribution is 2.48. The summed E-state index contributed by atoms with van der Waals surface area (Å²) in [4.78, 5) is 25.1. The number of carbonyl (C=O) groups excluding carboxylic acids is 2. The summed E-state index contributed by atoms with van der Waals surface area (Å²) in [7, 11) is 0.614. The summed E-state index contributed by atoms with van der Waals surface area (Å²) in [5, 5.41) is 5.08. The van der Waals surface area contributed by atoms with Gasteiger partial charge in [0.05, 0.1) is 0 Å². The number of anilines is 1. The van der Waals surface area contributed by atoms with Gasteiger partial charge in [0.15, 0.2) is 5.69 Å². The van der Waals surface area contributed by atoms with E-state index in [1.54, 1.807) is 0 Å². The number of hydrogen-bond donors (Lipinski definition) is 1. The first kappa shape index (κ1) is 28.0. The molecule has 0 atom stereocenters. The number of carbonyl (C=O) groups is 2. The molecule has 1 aromatic carbocycles. The summed E-state index contributed by atoms with van der Waals surface area (Å²) < 4.78 is 121. The summed E-state index contributed by atoms with van der Waals surface area (Å²) >= 11 is 0. The van der Waals surface area contributed by atoms with E-state index in [9.17, 15) is 49.1 Å². The van der Waals surface area contributed by atoms with Gasteiger partial charge in [-0.2, -0.15) is 40.2 Å². The summed E-state index contributed by atoms with van der Waals surface area (Å²) in [5.74, 6) is -8.88. The Balaban J connectivity index is 2.63. The van der Waals surface area contributed by atoms with Crippen molar-refractivity contribution >= 4 is 17.5 Å². The molecule has 1 aromatic heterocycles. The van der Waals surface area contributed by atoms with Crippen LogP contribution in [-0.4, -0.2) is 34.3 Å². The van der Waals surface area contributed by atoms with Gasteiger partial charge in [-0.15, -0.1) is 0 Å². The SMILES string of the molecule is CCC(=O)NCc1cc(N(CC)C(=O)c2c(C(F)(F)F)c(C(F)(F)C(F)(F)F)nn2C)ccc1F. The predicted octanol–water partition coefficient (Wildman–Crippen LogP) is 4.93. The molecule has 6 nitrogen and oxygen atoms in total. The molecule has 35 heavy (non-hydrogen) atoms. The van der Waals surface area contributed by atoms with Gasteiger partial charge in [0, 0.05) is 37.8 Å². The zero-order valence-electron chi connectivity index (χ0n) is 18.4. The highest BCUT2D eigenvalue weighted by atomic mass is 19.4. The Morgan fingerprint density at radius 1 is 1.06 bits per heavy atom. The molecule has 0 aliphatic heterocycles. The molecule has 0 unspecified atom stereocenters. The highest BCUT2D eigenvalue weighted by molar-refractivity contribution is 6.06. The van der Waals surface area contributed by atoms with Crippen molar-refractivity contribution in [3.05, 3.63) is 46.5 Å². The van der Waals surface area contributed by atoms with Crippen molar-refractivity contribution < 1.29 is 49.1 Å². The van der Waals surface area contributed by atoms with Crippen molar-refractivity contribution in [1.29, 1.82) is 0 Å².